The normalized spacial score (nSPS) is 12.2. The van der Waals surface area contributed by atoms with Crippen LogP contribution in [0.4, 0.5) is 18.9 Å². The zero-order valence-corrected chi connectivity index (χ0v) is 9.05. The summed E-state index contributed by atoms with van der Waals surface area (Å²) in [5.41, 5.74) is 0.0202. The van der Waals surface area contributed by atoms with Crippen molar-refractivity contribution < 1.29 is 26.3 Å². The maximum atomic E-state index is 11.8. The smallest absolute Gasteiger partial charge is 0.422 e. The topological polar surface area (TPSA) is 94.3 Å². The van der Waals surface area contributed by atoms with Crippen molar-refractivity contribution in [2.45, 2.75) is 6.18 Å². The summed E-state index contributed by atoms with van der Waals surface area (Å²) in [6.45, 7) is -1.47. The van der Waals surface area contributed by atoms with Crippen LogP contribution in [0.5, 0.6) is 5.88 Å². The monoisotopic (exact) mass is 271 g/mol. The zero-order valence-electron chi connectivity index (χ0n) is 8.23. The van der Waals surface area contributed by atoms with Gasteiger partial charge in [0.25, 0.3) is 10.2 Å². The number of pyridine rings is 1. The molecule has 0 atom stereocenters. The Labute approximate surface area is 94.8 Å². The zero-order chi connectivity index (χ0) is 13.1. The minimum absolute atomic E-state index is 0.0202. The van der Waals surface area contributed by atoms with Gasteiger partial charge in [0, 0.05) is 6.07 Å². The van der Waals surface area contributed by atoms with Crippen molar-refractivity contribution in [3.05, 3.63) is 18.3 Å². The molecule has 0 aliphatic heterocycles. The van der Waals surface area contributed by atoms with E-state index in [4.69, 9.17) is 0 Å². The first kappa shape index (κ1) is 13.5. The molecule has 10 heteroatoms. The molecule has 0 radical (unpaired) electrons. The van der Waals surface area contributed by atoms with Crippen LogP contribution in [-0.2, 0) is 10.2 Å². The maximum absolute atomic E-state index is 11.8. The minimum atomic E-state index is -4.46. The van der Waals surface area contributed by atoms with E-state index in [0.29, 0.717) is 0 Å². The third kappa shape index (κ3) is 5.92. The summed E-state index contributed by atoms with van der Waals surface area (Å²) < 4.78 is 62.8. The van der Waals surface area contributed by atoms with Gasteiger partial charge in [-0.1, -0.05) is 0 Å². The van der Waals surface area contributed by atoms with E-state index in [1.54, 1.807) is 0 Å². The Morgan fingerprint density at radius 3 is 2.47 bits per heavy atom. The summed E-state index contributed by atoms with van der Waals surface area (Å²) in [6.07, 6.45) is -3.48. The van der Waals surface area contributed by atoms with E-state index in [0.717, 1.165) is 12.3 Å². The van der Waals surface area contributed by atoms with Gasteiger partial charge in [0.2, 0.25) is 5.88 Å². The molecule has 96 valence electrons. The number of aromatic nitrogens is 1. The van der Waals surface area contributed by atoms with Crippen LogP contribution in [0, 0.1) is 0 Å². The molecule has 6 nitrogen and oxygen atoms in total. The molecule has 1 rings (SSSR count). The SMILES string of the molecule is NS(=O)(=O)Nc1ccc(OCC(F)(F)F)nc1. The Morgan fingerprint density at radius 1 is 1.41 bits per heavy atom. The van der Waals surface area contributed by atoms with Gasteiger partial charge in [-0.25, -0.2) is 10.1 Å². The predicted octanol–water partition coefficient (Wildman–Crippen LogP) is 0.638. The van der Waals surface area contributed by atoms with Crippen LogP contribution < -0.4 is 14.6 Å². The number of ether oxygens (including phenoxy) is 1. The van der Waals surface area contributed by atoms with E-state index in [1.807, 2.05) is 4.72 Å². The lowest BCUT2D eigenvalue weighted by Crippen LogP contribution is -2.22. The number of hydrogen-bond acceptors (Lipinski definition) is 4. The van der Waals surface area contributed by atoms with Crippen molar-refractivity contribution in [2.24, 2.45) is 5.14 Å². The van der Waals surface area contributed by atoms with E-state index in [9.17, 15) is 21.6 Å². The molecule has 0 saturated carbocycles. The molecule has 1 aromatic heterocycles. The highest BCUT2D eigenvalue weighted by atomic mass is 32.2. The second-order valence-corrected chi connectivity index (χ2v) is 4.23. The van der Waals surface area contributed by atoms with Gasteiger partial charge >= 0.3 is 6.18 Å². The van der Waals surface area contributed by atoms with Crippen molar-refractivity contribution in [3.63, 3.8) is 0 Å². The Hall–Kier alpha value is -1.55. The number of hydrogen-bond donors (Lipinski definition) is 2. The van der Waals surface area contributed by atoms with Crippen LogP contribution in [0.25, 0.3) is 0 Å². The molecule has 0 aromatic carbocycles. The molecule has 0 bridgehead atoms. The van der Waals surface area contributed by atoms with Crippen LogP contribution in [0.3, 0.4) is 0 Å². The molecular formula is C7H8F3N3O3S. The van der Waals surface area contributed by atoms with Gasteiger partial charge < -0.3 is 4.74 Å². The fraction of sp³-hybridized carbons (Fsp3) is 0.286. The van der Waals surface area contributed by atoms with Crippen molar-refractivity contribution in [1.82, 2.24) is 4.98 Å². The summed E-state index contributed by atoms with van der Waals surface area (Å²) in [5.74, 6) is -0.276. The molecule has 17 heavy (non-hydrogen) atoms. The average Bonchev–Trinajstić information content (AvgIpc) is 2.13. The van der Waals surface area contributed by atoms with Crippen LogP contribution in [0.1, 0.15) is 0 Å². The number of halogens is 3. The standard InChI is InChI=1S/C7H8F3N3O3S/c8-7(9,10)4-16-6-2-1-5(3-12-6)13-17(11,14)15/h1-3,13H,4H2,(H2,11,14,15). The molecule has 0 unspecified atom stereocenters. The summed E-state index contributed by atoms with van der Waals surface area (Å²) in [7, 11) is -3.94. The Kier molecular flexibility index (Phi) is 3.78. The fourth-order valence-corrected chi connectivity index (χ4v) is 1.30. The molecule has 1 aromatic rings. The molecule has 0 aliphatic rings. The third-order valence-corrected chi connectivity index (χ3v) is 1.90. The van der Waals surface area contributed by atoms with Gasteiger partial charge in [0.05, 0.1) is 11.9 Å². The highest BCUT2D eigenvalue weighted by molar-refractivity contribution is 7.90. The number of nitrogens with zero attached hydrogens (tertiary/aromatic N) is 1. The average molecular weight is 271 g/mol. The predicted molar refractivity (Wildman–Crippen MR) is 52.5 cm³/mol. The van der Waals surface area contributed by atoms with Gasteiger partial charge in [-0.15, -0.1) is 0 Å². The van der Waals surface area contributed by atoms with Gasteiger partial charge in [-0.05, 0) is 6.07 Å². The second kappa shape index (κ2) is 4.75. The number of alkyl halides is 3. The Balaban J connectivity index is 2.63. The lowest BCUT2D eigenvalue weighted by molar-refractivity contribution is -0.154. The molecule has 0 saturated heterocycles. The minimum Gasteiger partial charge on any atom is -0.468 e. The molecule has 3 N–H and O–H groups in total. The summed E-state index contributed by atoms with van der Waals surface area (Å²) in [4.78, 5) is 3.46. The van der Waals surface area contributed by atoms with Crippen molar-refractivity contribution in [1.29, 1.82) is 0 Å². The van der Waals surface area contributed by atoms with Gasteiger partial charge in [0.15, 0.2) is 6.61 Å². The fourth-order valence-electron chi connectivity index (χ4n) is 0.846. The molecule has 0 spiro atoms. The largest absolute Gasteiger partial charge is 0.468 e. The van der Waals surface area contributed by atoms with Gasteiger partial charge in [-0.3, -0.25) is 4.72 Å². The number of nitrogens with two attached hydrogens (primary N) is 1. The molecule has 1 heterocycles. The summed E-state index contributed by atoms with van der Waals surface area (Å²) >= 11 is 0. The van der Waals surface area contributed by atoms with Crippen molar-refractivity contribution in [3.8, 4) is 5.88 Å². The van der Waals surface area contributed by atoms with E-state index in [2.05, 4.69) is 14.9 Å². The van der Waals surface area contributed by atoms with Crippen LogP contribution in [-0.4, -0.2) is 26.2 Å². The molecule has 0 fully saturated rings. The number of nitrogens with one attached hydrogen (secondary N) is 1. The lowest BCUT2D eigenvalue weighted by Gasteiger charge is -2.08. The number of rotatable bonds is 4. The molecule has 0 aliphatic carbocycles. The lowest BCUT2D eigenvalue weighted by atomic mass is 10.4. The van der Waals surface area contributed by atoms with Crippen molar-refractivity contribution >= 4 is 15.9 Å². The Morgan fingerprint density at radius 2 is 2.06 bits per heavy atom. The molecule has 0 amide bonds. The van der Waals surface area contributed by atoms with E-state index in [-0.39, 0.29) is 11.6 Å². The van der Waals surface area contributed by atoms with Crippen LogP contribution in [0.2, 0.25) is 0 Å². The van der Waals surface area contributed by atoms with Gasteiger partial charge in [-0.2, -0.15) is 21.6 Å². The first-order valence-corrected chi connectivity index (χ1v) is 5.66. The summed E-state index contributed by atoms with van der Waals surface area (Å²) in [6, 6.07) is 2.25. The third-order valence-electron chi connectivity index (χ3n) is 1.38. The first-order chi connectivity index (χ1) is 7.66. The second-order valence-electron chi connectivity index (χ2n) is 2.94. The van der Waals surface area contributed by atoms with E-state index < -0.39 is 23.0 Å². The quantitative estimate of drug-likeness (QED) is 0.840. The highest BCUT2D eigenvalue weighted by Crippen LogP contribution is 2.18. The van der Waals surface area contributed by atoms with E-state index in [1.165, 1.54) is 6.07 Å². The maximum Gasteiger partial charge on any atom is 0.422 e. The summed E-state index contributed by atoms with van der Waals surface area (Å²) in [5, 5.41) is 4.67. The van der Waals surface area contributed by atoms with Crippen molar-refractivity contribution in [2.75, 3.05) is 11.3 Å². The van der Waals surface area contributed by atoms with Crippen LogP contribution in [0.15, 0.2) is 18.3 Å². The molecular weight excluding hydrogens is 263 g/mol. The Bertz CT molecular complexity index is 471. The van der Waals surface area contributed by atoms with Crippen LogP contribution >= 0.6 is 0 Å². The highest BCUT2D eigenvalue weighted by Gasteiger charge is 2.28. The number of anilines is 1. The van der Waals surface area contributed by atoms with Gasteiger partial charge in [0.1, 0.15) is 0 Å². The van der Waals surface area contributed by atoms with E-state index >= 15 is 0 Å². The first-order valence-electron chi connectivity index (χ1n) is 4.12.